The monoisotopic (exact) mass is 556 g/mol. The summed E-state index contributed by atoms with van der Waals surface area (Å²) in [6.07, 6.45) is 3.10. The van der Waals surface area contributed by atoms with Gasteiger partial charge in [-0.3, -0.25) is 4.79 Å². The van der Waals surface area contributed by atoms with Gasteiger partial charge in [-0.25, -0.2) is 14.5 Å². The molecule has 9 heteroatoms. The Morgan fingerprint density at radius 1 is 1.00 bits per heavy atom. The highest BCUT2D eigenvalue weighted by atomic mass is 16.6. The summed E-state index contributed by atoms with van der Waals surface area (Å²) in [6.45, 7) is 8.80. The molecule has 9 nitrogen and oxygen atoms in total. The maximum atomic E-state index is 12.9. The number of ketones is 1. The minimum absolute atomic E-state index is 0.00298. The van der Waals surface area contributed by atoms with Gasteiger partial charge in [0.25, 0.3) is 0 Å². The highest BCUT2D eigenvalue weighted by Gasteiger charge is 2.32. The molecule has 1 fully saturated rings. The lowest BCUT2D eigenvalue weighted by atomic mass is 9.93. The van der Waals surface area contributed by atoms with Gasteiger partial charge in [0.15, 0.2) is 11.4 Å². The molecule has 0 radical (unpaired) electrons. The molecule has 5 rings (SSSR count). The van der Waals surface area contributed by atoms with E-state index in [9.17, 15) is 9.59 Å². The van der Waals surface area contributed by atoms with Crippen LogP contribution in [0.5, 0.6) is 17.2 Å². The van der Waals surface area contributed by atoms with Crippen LogP contribution in [-0.2, 0) is 11.3 Å². The minimum atomic E-state index is -0.570. The second kappa shape index (κ2) is 11.6. The molecule has 0 saturated carbocycles. The summed E-state index contributed by atoms with van der Waals surface area (Å²) in [5, 5.41) is 5.89. The van der Waals surface area contributed by atoms with Gasteiger partial charge in [-0.1, -0.05) is 12.1 Å². The number of likely N-dealkylation sites (tertiary alicyclic amines) is 1. The Bertz CT molecular complexity index is 1540. The van der Waals surface area contributed by atoms with Crippen molar-refractivity contribution in [3.63, 3.8) is 0 Å². The molecule has 3 heterocycles. The fraction of sp³-hybridized carbons (Fsp3) is 0.375. The van der Waals surface area contributed by atoms with Crippen LogP contribution in [0, 0.1) is 0 Å². The van der Waals surface area contributed by atoms with Crippen LogP contribution in [0.1, 0.15) is 68.1 Å². The van der Waals surface area contributed by atoms with Gasteiger partial charge in [0.2, 0.25) is 0 Å². The van der Waals surface area contributed by atoms with Crippen LogP contribution in [0.3, 0.4) is 0 Å². The molecule has 1 aliphatic heterocycles. The molecular formula is C32H36N4O5. The summed E-state index contributed by atoms with van der Waals surface area (Å²) in [5.74, 6) is 1.99. The lowest BCUT2D eigenvalue weighted by Crippen LogP contribution is -2.42. The fourth-order valence-corrected chi connectivity index (χ4v) is 5.06. The average Bonchev–Trinajstić information content (AvgIpc) is 3.32. The second-order valence-corrected chi connectivity index (χ2v) is 11.3. The van der Waals surface area contributed by atoms with E-state index in [1.54, 1.807) is 42.5 Å². The first-order chi connectivity index (χ1) is 19.6. The van der Waals surface area contributed by atoms with Gasteiger partial charge < -0.3 is 19.1 Å². The normalized spacial score (nSPS) is 15.5. The number of amides is 1. The first kappa shape index (κ1) is 28.1. The number of aromatic nitrogens is 3. The van der Waals surface area contributed by atoms with E-state index < -0.39 is 5.60 Å². The van der Waals surface area contributed by atoms with E-state index in [0.717, 1.165) is 35.2 Å². The van der Waals surface area contributed by atoms with Crippen LogP contribution < -0.4 is 9.47 Å². The zero-order chi connectivity index (χ0) is 29.1. The van der Waals surface area contributed by atoms with E-state index in [-0.39, 0.29) is 17.8 Å². The van der Waals surface area contributed by atoms with E-state index in [1.807, 2.05) is 55.8 Å². The molecule has 1 saturated heterocycles. The molecule has 2 aromatic carbocycles. The quantitative estimate of drug-likeness (QED) is 0.237. The van der Waals surface area contributed by atoms with Gasteiger partial charge >= 0.3 is 6.09 Å². The van der Waals surface area contributed by atoms with Crippen LogP contribution in [0.4, 0.5) is 4.79 Å². The van der Waals surface area contributed by atoms with Crippen molar-refractivity contribution in [2.24, 2.45) is 0 Å². The maximum Gasteiger partial charge on any atom is 0.410 e. The van der Waals surface area contributed by atoms with Crippen molar-refractivity contribution in [2.45, 2.75) is 58.6 Å². The number of hydrogen-bond donors (Lipinski definition) is 0. The van der Waals surface area contributed by atoms with Gasteiger partial charge in [0, 0.05) is 30.8 Å². The molecule has 0 spiro atoms. The summed E-state index contributed by atoms with van der Waals surface area (Å²) in [7, 11) is 1.64. The van der Waals surface area contributed by atoms with E-state index in [1.165, 1.54) is 6.92 Å². The number of pyridine rings is 1. The van der Waals surface area contributed by atoms with Crippen LogP contribution >= 0.6 is 0 Å². The highest BCUT2D eigenvalue weighted by molar-refractivity contribution is 5.94. The van der Waals surface area contributed by atoms with Crippen molar-refractivity contribution in [3.8, 4) is 17.2 Å². The van der Waals surface area contributed by atoms with E-state index in [4.69, 9.17) is 24.3 Å². The molecule has 1 amide bonds. The SMILES string of the molecule is COc1ccc(Cn2nc(C3CCCN(C(=O)OC(C)(C)C)C3)c3c(Oc4ccc(C(C)=O)cc4)ccnc32)cc1. The van der Waals surface area contributed by atoms with Crippen molar-refractivity contribution in [1.29, 1.82) is 0 Å². The zero-order valence-electron chi connectivity index (χ0n) is 24.2. The van der Waals surface area contributed by atoms with Crippen molar-refractivity contribution in [1.82, 2.24) is 19.7 Å². The molecule has 1 aliphatic rings. The lowest BCUT2D eigenvalue weighted by molar-refractivity contribution is 0.0197. The largest absolute Gasteiger partial charge is 0.497 e. The van der Waals surface area contributed by atoms with Crippen molar-refractivity contribution < 1.29 is 23.8 Å². The van der Waals surface area contributed by atoms with Gasteiger partial charge in [-0.05, 0) is 88.6 Å². The number of hydrogen-bond acceptors (Lipinski definition) is 7. The number of benzene rings is 2. The number of nitrogens with zero attached hydrogens (tertiary/aromatic N) is 4. The number of rotatable bonds is 7. The second-order valence-electron chi connectivity index (χ2n) is 11.3. The van der Waals surface area contributed by atoms with E-state index >= 15 is 0 Å². The summed E-state index contributed by atoms with van der Waals surface area (Å²) in [4.78, 5) is 31.2. The Hall–Kier alpha value is -4.40. The van der Waals surface area contributed by atoms with Gasteiger partial charge in [0.05, 0.1) is 24.7 Å². The average molecular weight is 557 g/mol. The van der Waals surface area contributed by atoms with Crippen LogP contribution in [-0.4, -0.2) is 57.3 Å². The van der Waals surface area contributed by atoms with Crippen LogP contribution in [0.15, 0.2) is 60.8 Å². The highest BCUT2D eigenvalue weighted by Crippen LogP contribution is 2.38. The number of carbonyl (C=O) groups excluding carboxylic acids is 2. The summed E-state index contributed by atoms with van der Waals surface area (Å²) in [6, 6.07) is 16.8. The minimum Gasteiger partial charge on any atom is -0.497 e. The van der Waals surface area contributed by atoms with E-state index in [0.29, 0.717) is 42.3 Å². The summed E-state index contributed by atoms with van der Waals surface area (Å²) >= 11 is 0. The predicted molar refractivity (Wildman–Crippen MR) is 156 cm³/mol. The molecule has 1 atom stereocenters. The Kier molecular flexibility index (Phi) is 7.97. The van der Waals surface area contributed by atoms with Gasteiger partial charge in [-0.15, -0.1) is 0 Å². The smallest absolute Gasteiger partial charge is 0.410 e. The number of piperidine rings is 1. The molecule has 0 aliphatic carbocycles. The van der Waals surface area contributed by atoms with E-state index in [2.05, 4.69) is 0 Å². The lowest BCUT2D eigenvalue weighted by Gasteiger charge is -2.33. The molecule has 41 heavy (non-hydrogen) atoms. The van der Waals surface area contributed by atoms with Gasteiger partial charge in [-0.2, -0.15) is 5.10 Å². The Labute approximate surface area is 240 Å². The third-order valence-electron chi connectivity index (χ3n) is 7.06. The molecule has 214 valence electrons. The van der Waals surface area contributed by atoms with Crippen molar-refractivity contribution in [3.05, 3.63) is 77.6 Å². The number of methoxy groups -OCH3 is 1. The third-order valence-corrected chi connectivity index (χ3v) is 7.06. The first-order valence-corrected chi connectivity index (χ1v) is 13.9. The number of Topliss-reactive ketones (excluding diaryl/α,β-unsaturated/α-hetero) is 1. The number of fused-ring (bicyclic) bond motifs is 1. The number of ether oxygens (including phenoxy) is 3. The topological polar surface area (TPSA) is 95.8 Å². The number of carbonyl (C=O) groups is 2. The van der Waals surface area contributed by atoms with Crippen LogP contribution in [0.25, 0.3) is 11.0 Å². The summed E-state index contributed by atoms with van der Waals surface area (Å²) in [5.41, 5.74) is 2.64. The summed E-state index contributed by atoms with van der Waals surface area (Å²) < 4.78 is 19.2. The fourth-order valence-electron chi connectivity index (χ4n) is 5.06. The Balaban J connectivity index is 1.53. The Morgan fingerprint density at radius 3 is 2.37 bits per heavy atom. The predicted octanol–water partition coefficient (Wildman–Crippen LogP) is 6.60. The molecule has 2 aromatic heterocycles. The standard InChI is InChI=1S/C32H36N4O5/c1-21(37)23-10-14-26(15-11-23)40-27-16-17-33-30-28(27)29(34-36(30)19-22-8-12-25(39-5)13-9-22)24-7-6-18-35(20-24)31(38)41-32(2,3)4/h8-17,24H,6-7,18-20H2,1-5H3. The molecule has 1 unspecified atom stereocenters. The van der Waals surface area contributed by atoms with Crippen molar-refractivity contribution >= 4 is 22.9 Å². The first-order valence-electron chi connectivity index (χ1n) is 13.9. The molecule has 4 aromatic rings. The van der Waals surface area contributed by atoms with Crippen LogP contribution in [0.2, 0.25) is 0 Å². The molecule has 0 bridgehead atoms. The van der Waals surface area contributed by atoms with Gasteiger partial charge in [0.1, 0.15) is 22.8 Å². The molecule has 0 N–H and O–H groups in total. The Morgan fingerprint density at radius 2 is 1.71 bits per heavy atom. The van der Waals surface area contributed by atoms with Crippen molar-refractivity contribution in [2.75, 3.05) is 20.2 Å². The third kappa shape index (κ3) is 6.51. The zero-order valence-corrected chi connectivity index (χ0v) is 24.2. The maximum absolute atomic E-state index is 12.9. The molecular weight excluding hydrogens is 520 g/mol.